The molecule has 1 heterocycles. The Balaban J connectivity index is 1.57. The summed E-state index contributed by atoms with van der Waals surface area (Å²) in [6.45, 7) is 1.92. The van der Waals surface area contributed by atoms with Crippen LogP contribution in [0.5, 0.6) is 11.5 Å². The zero-order valence-electron chi connectivity index (χ0n) is 17.1. The highest BCUT2D eigenvalue weighted by atomic mass is 16.5. The lowest BCUT2D eigenvalue weighted by molar-refractivity contribution is -0.135. The van der Waals surface area contributed by atoms with Crippen molar-refractivity contribution >= 4 is 11.6 Å². The van der Waals surface area contributed by atoms with Gasteiger partial charge in [0.15, 0.2) is 6.61 Å². The van der Waals surface area contributed by atoms with Crippen LogP contribution in [-0.2, 0) is 4.79 Å². The summed E-state index contributed by atoms with van der Waals surface area (Å²) in [5, 5.41) is 6.23. The first-order valence-corrected chi connectivity index (χ1v) is 9.92. The number of amides is 1. The topological polar surface area (TPSA) is 51.1 Å². The minimum Gasteiger partial charge on any atom is -0.497 e. The molecule has 1 aliphatic rings. The van der Waals surface area contributed by atoms with Gasteiger partial charge in [-0.3, -0.25) is 4.79 Å². The maximum absolute atomic E-state index is 13.1. The Morgan fingerprint density at radius 1 is 1.00 bits per heavy atom. The van der Waals surface area contributed by atoms with Crippen molar-refractivity contribution in [2.45, 2.75) is 19.4 Å². The fourth-order valence-corrected chi connectivity index (χ4v) is 3.55. The SMILES string of the molecule is COc1ccc([C@H]2CC(c3ccccc3)=NN2C(=O)COc2cccc(C)c2)cc1. The Hall–Kier alpha value is -3.60. The van der Waals surface area contributed by atoms with E-state index < -0.39 is 0 Å². The van der Waals surface area contributed by atoms with Gasteiger partial charge in [-0.15, -0.1) is 0 Å². The summed E-state index contributed by atoms with van der Waals surface area (Å²) in [6.07, 6.45) is 0.645. The van der Waals surface area contributed by atoms with E-state index in [1.807, 2.05) is 85.8 Å². The van der Waals surface area contributed by atoms with Crippen molar-refractivity contribution in [2.24, 2.45) is 5.10 Å². The summed E-state index contributed by atoms with van der Waals surface area (Å²) in [5.74, 6) is 1.28. The minimum atomic E-state index is -0.181. The van der Waals surface area contributed by atoms with Crippen LogP contribution in [0.25, 0.3) is 0 Å². The van der Waals surface area contributed by atoms with Gasteiger partial charge in [-0.05, 0) is 47.9 Å². The monoisotopic (exact) mass is 400 g/mol. The highest BCUT2D eigenvalue weighted by Crippen LogP contribution is 2.33. The predicted octanol–water partition coefficient (Wildman–Crippen LogP) is 4.76. The van der Waals surface area contributed by atoms with Crippen LogP contribution in [-0.4, -0.2) is 30.3 Å². The molecule has 0 aromatic heterocycles. The number of aryl methyl sites for hydroxylation is 1. The van der Waals surface area contributed by atoms with Crippen LogP contribution in [0.4, 0.5) is 0 Å². The molecule has 4 rings (SSSR count). The van der Waals surface area contributed by atoms with Gasteiger partial charge in [0.25, 0.3) is 5.91 Å². The molecular weight excluding hydrogens is 376 g/mol. The molecule has 0 spiro atoms. The predicted molar refractivity (Wildman–Crippen MR) is 117 cm³/mol. The molecular formula is C25H24N2O3. The van der Waals surface area contributed by atoms with Crippen molar-refractivity contribution in [1.82, 2.24) is 5.01 Å². The first-order valence-electron chi connectivity index (χ1n) is 9.92. The van der Waals surface area contributed by atoms with Crippen molar-refractivity contribution in [3.05, 3.63) is 95.6 Å². The summed E-state index contributed by atoms with van der Waals surface area (Å²) in [5.41, 5.74) is 4.00. The molecule has 0 bridgehead atoms. The van der Waals surface area contributed by atoms with Crippen LogP contribution in [0.1, 0.15) is 29.2 Å². The Bertz CT molecular complexity index is 1050. The number of hydrogen-bond acceptors (Lipinski definition) is 4. The molecule has 0 N–H and O–H groups in total. The van der Waals surface area contributed by atoms with Gasteiger partial charge in [0.2, 0.25) is 0 Å². The van der Waals surface area contributed by atoms with Gasteiger partial charge in [-0.1, -0.05) is 54.6 Å². The number of benzene rings is 3. The summed E-state index contributed by atoms with van der Waals surface area (Å²) in [6, 6.07) is 25.2. The molecule has 0 radical (unpaired) electrons. The Labute approximate surface area is 176 Å². The van der Waals surface area contributed by atoms with Crippen LogP contribution in [0.15, 0.2) is 84.0 Å². The molecule has 1 amide bonds. The van der Waals surface area contributed by atoms with E-state index in [0.29, 0.717) is 12.2 Å². The normalized spacial score (nSPS) is 15.6. The molecule has 3 aromatic rings. The number of methoxy groups -OCH3 is 1. The van der Waals surface area contributed by atoms with Crippen molar-refractivity contribution in [3.8, 4) is 11.5 Å². The highest BCUT2D eigenvalue weighted by molar-refractivity contribution is 6.03. The lowest BCUT2D eigenvalue weighted by atomic mass is 9.98. The molecule has 5 heteroatoms. The van der Waals surface area contributed by atoms with E-state index in [4.69, 9.17) is 9.47 Å². The second kappa shape index (κ2) is 8.82. The third kappa shape index (κ3) is 4.35. The zero-order valence-corrected chi connectivity index (χ0v) is 17.1. The van der Waals surface area contributed by atoms with Crippen LogP contribution in [0.2, 0.25) is 0 Å². The average Bonchev–Trinajstić information content (AvgIpc) is 3.24. The van der Waals surface area contributed by atoms with Gasteiger partial charge in [0, 0.05) is 6.42 Å². The third-order valence-corrected chi connectivity index (χ3v) is 5.13. The molecule has 0 unspecified atom stereocenters. The molecule has 0 fully saturated rings. The van der Waals surface area contributed by atoms with Crippen molar-refractivity contribution in [2.75, 3.05) is 13.7 Å². The van der Waals surface area contributed by atoms with Crippen LogP contribution >= 0.6 is 0 Å². The largest absolute Gasteiger partial charge is 0.497 e. The van der Waals surface area contributed by atoms with Crippen molar-refractivity contribution < 1.29 is 14.3 Å². The first kappa shape index (κ1) is 19.7. The van der Waals surface area contributed by atoms with Gasteiger partial charge in [-0.25, -0.2) is 5.01 Å². The van der Waals surface area contributed by atoms with Crippen LogP contribution in [0.3, 0.4) is 0 Å². The van der Waals surface area contributed by atoms with E-state index in [2.05, 4.69) is 5.10 Å². The average molecular weight is 400 g/mol. The van der Waals surface area contributed by atoms with Crippen LogP contribution < -0.4 is 9.47 Å². The lowest BCUT2D eigenvalue weighted by Gasteiger charge is -2.22. The van der Waals surface area contributed by atoms with Crippen molar-refractivity contribution in [3.63, 3.8) is 0 Å². The van der Waals surface area contributed by atoms with E-state index in [1.165, 1.54) is 0 Å². The summed E-state index contributed by atoms with van der Waals surface area (Å²) in [7, 11) is 1.64. The van der Waals surface area contributed by atoms with Crippen molar-refractivity contribution in [1.29, 1.82) is 0 Å². The maximum Gasteiger partial charge on any atom is 0.281 e. The molecule has 5 nitrogen and oxygen atoms in total. The number of carbonyl (C=O) groups excluding carboxylic acids is 1. The fraction of sp³-hybridized carbons (Fsp3) is 0.200. The number of ether oxygens (including phenoxy) is 2. The lowest BCUT2D eigenvalue weighted by Crippen LogP contribution is -2.31. The quantitative estimate of drug-likeness (QED) is 0.599. The third-order valence-electron chi connectivity index (χ3n) is 5.13. The van der Waals surface area contributed by atoms with E-state index in [1.54, 1.807) is 12.1 Å². The second-order valence-electron chi connectivity index (χ2n) is 7.25. The molecule has 0 saturated carbocycles. The number of hydrazone groups is 1. The van der Waals surface area contributed by atoms with Gasteiger partial charge < -0.3 is 9.47 Å². The number of hydrogen-bond donors (Lipinski definition) is 0. The van der Waals surface area contributed by atoms with E-state index in [0.717, 1.165) is 28.2 Å². The Morgan fingerprint density at radius 2 is 1.77 bits per heavy atom. The van der Waals surface area contributed by atoms with E-state index in [-0.39, 0.29) is 18.6 Å². The number of nitrogens with zero attached hydrogens (tertiary/aromatic N) is 2. The molecule has 1 atom stereocenters. The zero-order chi connectivity index (χ0) is 20.9. The molecule has 1 aliphatic heterocycles. The number of rotatable bonds is 6. The standard InChI is InChI=1S/C25H24N2O3/c1-18-7-6-10-22(15-18)30-17-25(28)27-24(20-11-13-21(29-2)14-12-20)16-23(26-27)19-8-4-3-5-9-19/h3-15,24H,16-17H2,1-2H3/t24-/m1/s1. The molecule has 152 valence electrons. The summed E-state index contributed by atoms with van der Waals surface area (Å²) in [4.78, 5) is 13.1. The Morgan fingerprint density at radius 3 is 2.47 bits per heavy atom. The van der Waals surface area contributed by atoms with E-state index in [9.17, 15) is 4.79 Å². The van der Waals surface area contributed by atoms with Gasteiger partial charge >= 0.3 is 0 Å². The summed E-state index contributed by atoms with van der Waals surface area (Å²) >= 11 is 0. The maximum atomic E-state index is 13.1. The first-order chi connectivity index (χ1) is 14.6. The van der Waals surface area contributed by atoms with E-state index >= 15 is 0 Å². The smallest absolute Gasteiger partial charge is 0.281 e. The van der Waals surface area contributed by atoms with Gasteiger partial charge in [0.1, 0.15) is 11.5 Å². The second-order valence-corrected chi connectivity index (χ2v) is 7.25. The van der Waals surface area contributed by atoms with Gasteiger partial charge in [0.05, 0.1) is 18.9 Å². The van der Waals surface area contributed by atoms with Gasteiger partial charge in [-0.2, -0.15) is 5.10 Å². The highest BCUT2D eigenvalue weighted by Gasteiger charge is 2.33. The molecule has 0 aliphatic carbocycles. The molecule has 0 saturated heterocycles. The fourth-order valence-electron chi connectivity index (χ4n) is 3.55. The molecule has 30 heavy (non-hydrogen) atoms. The molecule has 3 aromatic carbocycles. The minimum absolute atomic E-state index is 0.0678. The van der Waals surface area contributed by atoms with Crippen LogP contribution in [0, 0.1) is 6.92 Å². The summed E-state index contributed by atoms with van der Waals surface area (Å²) < 4.78 is 11.0. The Kier molecular flexibility index (Phi) is 5.80. The number of carbonyl (C=O) groups is 1.